The van der Waals surface area contributed by atoms with E-state index in [1.165, 1.54) is 0 Å². The van der Waals surface area contributed by atoms with Crippen LogP contribution in [0.5, 0.6) is 0 Å². The molecule has 0 saturated carbocycles. The van der Waals surface area contributed by atoms with Gasteiger partial charge in [-0.2, -0.15) is 0 Å². The minimum Gasteiger partial charge on any atom is -0.387 e. The molecule has 5 nitrogen and oxygen atoms in total. The van der Waals surface area contributed by atoms with Gasteiger partial charge in [0.2, 0.25) is 0 Å². The maximum Gasteiger partial charge on any atom is 0.251 e. The van der Waals surface area contributed by atoms with Crippen LogP contribution < -0.4 is 5.32 Å². The third kappa shape index (κ3) is 2.53. The van der Waals surface area contributed by atoms with Gasteiger partial charge >= 0.3 is 0 Å². The van der Waals surface area contributed by atoms with Gasteiger partial charge in [-0.25, -0.2) is 0 Å². The first kappa shape index (κ1) is 11.8. The number of carbonyl (C=O) groups is 1. The van der Waals surface area contributed by atoms with E-state index in [-0.39, 0.29) is 12.0 Å². The molecule has 0 bridgehead atoms. The minimum absolute atomic E-state index is 0.00201. The zero-order valence-corrected chi connectivity index (χ0v) is 9.74. The van der Waals surface area contributed by atoms with Crippen molar-refractivity contribution in [2.75, 3.05) is 33.3 Å². The van der Waals surface area contributed by atoms with E-state index in [1.54, 1.807) is 11.9 Å². The Labute approximate surface area is 95.8 Å². The zero-order chi connectivity index (χ0) is 11.6. The summed E-state index contributed by atoms with van der Waals surface area (Å²) in [6, 6.07) is 0. The van der Waals surface area contributed by atoms with Gasteiger partial charge in [-0.3, -0.25) is 4.79 Å². The number of amides is 1. The van der Waals surface area contributed by atoms with E-state index in [2.05, 4.69) is 5.32 Å². The average molecular weight is 228 g/mol. The Morgan fingerprint density at radius 3 is 3.06 bits per heavy atom. The zero-order valence-electron chi connectivity index (χ0n) is 9.74. The molecule has 2 saturated heterocycles. The summed E-state index contributed by atoms with van der Waals surface area (Å²) >= 11 is 0. The van der Waals surface area contributed by atoms with Gasteiger partial charge in [-0.1, -0.05) is 0 Å². The largest absolute Gasteiger partial charge is 0.387 e. The molecule has 2 fully saturated rings. The molecule has 2 aliphatic heterocycles. The van der Waals surface area contributed by atoms with E-state index in [1.807, 2.05) is 0 Å². The first-order chi connectivity index (χ1) is 7.61. The lowest BCUT2D eigenvalue weighted by Gasteiger charge is -2.29. The topological polar surface area (TPSA) is 61.8 Å². The third-order valence-corrected chi connectivity index (χ3v) is 3.33. The fourth-order valence-electron chi connectivity index (χ4n) is 2.40. The average Bonchev–Trinajstić information content (AvgIpc) is 2.87. The van der Waals surface area contributed by atoms with Gasteiger partial charge in [0.25, 0.3) is 5.91 Å². The predicted molar refractivity (Wildman–Crippen MR) is 59.0 cm³/mol. The van der Waals surface area contributed by atoms with Crippen LogP contribution in [0.1, 0.15) is 19.3 Å². The molecule has 2 rings (SSSR count). The van der Waals surface area contributed by atoms with Crippen LogP contribution in [0, 0.1) is 0 Å². The first-order valence-corrected chi connectivity index (χ1v) is 5.90. The summed E-state index contributed by atoms with van der Waals surface area (Å²) in [5, 5.41) is 13.3. The van der Waals surface area contributed by atoms with E-state index in [0.29, 0.717) is 26.1 Å². The lowest BCUT2D eigenvalue weighted by atomic mass is 10.0. The Hall–Kier alpha value is -0.650. The van der Waals surface area contributed by atoms with Crippen LogP contribution in [-0.4, -0.2) is 60.9 Å². The molecular formula is C11H20N2O3. The van der Waals surface area contributed by atoms with Crippen molar-refractivity contribution in [1.82, 2.24) is 10.2 Å². The molecule has 0 aromatic rings. The Kier molecular flexibility index (Phi) is 3.47. The van der Waals surface area contributed by atoms with Gasteiger partial charge in [-0.15, -0.1) is 0 Å². The van der Waals surface area contributed by atoms with E-state index >= 15 is 0 Å². The Bertz CT molecular complexity index is 258. The maximum absolute atomic E-state index is 11.9. The van der Waals surface area contributed by atoms with Crippen molar-refractivity contribution >= 4 is 5.91 Å². The second-order valence-corrected chi connectivity index (χ2v) is 4.85. The van der Waals surface area contributed by atoms with Gasteiger partial charge in [0.1, 0.15) is 6.10 Å². The van der Waals surface area contributed by atoms with Crippen molar-refractivity contribution in [3.8, 4) is 0 Å². The molecular weight excluding hydrogens is 208 g/mol. The van der Waals surface area contributed by atoms with Gasteiger partial charge in [-0.05, 0) is 25.8 Å². The summed E-state index contributed by atoms with van der Waals surface area (Å²) in [6.45, 7) is 2.45. The number of β-amino-alcohol motifs (C(OH)–C–C–N with tert-alkyl or cyclic N) is 1. The quantitative estimate of drug-likeness (QED) is 0.674. The molecule has 0 aromatic heterocycles. The van der Waals surface area contributed by atoms with Crippen molar-refractivity contribution in [1.29, 1.82) is 0 Å². The van der Waals surface area contributed by atoms with Crippen LogP contribution >= 0.6 is 0 Å². The summed E-state index contributed by atoms with van der Waals surface area (Å²) in [6.07, 6.45) is 2.18. The highest BCUT2D eigenvalue weighted by Crippen LogP contribution is 2.18. The molecule has 2 atom stereocenters. The number of hydrogen-bond donors (Lipinski definition) is 2. The van der Waals surface area contributed by atoms with Gasteiger partial charge in [0.05, 0.1) is 12.1 Å². The van der Waals surface area contributed by atoms with Crippen LogP contribution in [0.4, 0.5) is 0 Å². The smallest absolute Gasteiger partial charge is 0.251 e. The first-order valence-electron chi connectivity index (χ1n) is 5.90. The van der Waals surface area contributed by atoms with Crippen molar-refractivity contribution in [3.05, 3.63) is 0 Å². The van der Waals surface area contributed by atoms with Crippen molar-refractivity contribution in [2.45, 2.75) is 31.0 Å². The number of carbonyl (C=O) groups excluding carboxylic acids is 1. The van der Waals surface area contributed by atoms with Gasteiger partial charge in [0, 0.05) is 20.2 Å². The summed E-state index contributed by atoms with van der Waals surface area (Å²) < 4.78 is 5.34. The van der Waals surface area contributed by atoms with Crippen molar-refractivity contribution in [3.63, 3.8) is 0 Å². The summed E-state index contributed by atoms with van der Waals surface area (Å²) in [5.41, 5.74) is -0.761. The lowest BCUT2D eigenvalue weighted by Crippen LogP contribution is -2.48. The molecule has 1 amide bonds. The van der Waals surface area contributed by atoms with Crippen LogP contribution in [0.3, 0.4) is 0 Å². The molecule has 16 heavy (non-hydrogen) atoms. The summed E-state index contributed by atoms with van der Waals surface area (Å²) in [4.78, 5) is 13.5. The number of ether oxygens (including phenoxy) is 1. The monoisotopic (exact) mass is 228 g/mol. The molecule has 0 aliphatic carbocycles. The Morgan fingerprint density at radius 1 is 1.69 bits per heavy atom. The summed E-state index contributed by atoms with van der Waals surface area (Å²) in [5.74, 6) is -0.00201. The number of nitrogens with one attached hydrogen (secondary N) is 1. The van der Waals surface area contributed by atoms with Crippen LogP contribution in [0.25, 0.3) is 0 Å². The number of hydrogen-bond acceptors (Lipinski definition) is 4. The fraction of sp³-hybridized carbons (Fsp3) is 0.909. The van der Waals surface area contributed by atoms with Crippen LogP contribution in [0.15, 0.2) is 0 Å². The molecule has 0 aromatic carbocycles. The molecule has 2 N–H and O–H groups in total. The van der Waals surface area contributed by atoms with Crippen molar-refractivity contribution < 1.29 is 14.6 Å². The van der Waals surface area contributed by atoms with Crippen LogP contribution in [-0.2, 0) is 9.53 Å². The second-order valence-electron chi connectivity index (χ2n) is 4.85. The van der Waals surface area contributed by atoms with Crippen molar-refractivity contribution in [2.24, 2.45) is 0 Å². The number of likely N-dealkylation sites (N-methyl/N-ethyl adjacent to an activating group) is 1. The van der Waals surface area contributed by atoms with Gasteiger partial charge in [0.15, 0.2) is 0 Å². The van der Waals surface area contributed by atoms with Crippen LogP contribution in [0.2, 0.25) is 0 Å². The number of nitrogens with zero attached hydrogens (tertiary/aromatic N) is 1. The highest BCUT2D eigenvalue weighted by molar-refractivity contribution is 5.81. The number of rotatable bonds is 3. The minimum atomic E-state index is -0.761. The van der Waals surface area contributed by atoms with E-state index in [4.69, 9.17) is 4.74 Å². The van der Waals surface area contributed by atoms with E-state index in [9.17, 15) is 9.90 Å². The van der Waals surface area contributed by atoms with Gasteiger partial charge < -0.3 is 20.1 Å². The third-order valence-electron chi connectivity index (χ3n) is 3.33. The normalized spacial score (nSPS) is 34.2. The molecule has 0 radical (unpaired) electrons. The Balaban J connectivity index is 1.86. The Morgan fingerprint density at radius 2 is 2.50 bits per heavy atom. The second kappa shape index (κ2) is 4.69. The van der Waals surface area contributed by atoms with E-state index < -0.39 is 5.60 Å². The molecule has 2 heterocycles. The number of aliphatic hydroxyl groups is 1. The maximum atomic E-state index is 11.9. The molecule has 92 valence electrons. The lowest BCUT2D eigenvalue weighted by molar-refractivity contribution is -0.142. The molecule has 2 aliphatic rings. The summed E-state index contributed by atoms with van der Waals surface area (Å²) in [7, 11) is 1.74. The highest BCUT2D eigenvalue weighted by Gasteiger charge is 2.35. The molecule has 0 spiro atoms. The fourth-order valence-corrected chi connectivity index (χ4v) is 2.40. The molecule has 2 unspecified atom stereocenters. The SMILES string of the molecule is CN(CC1(O)CCNC1)C(=O)C1CCCO1. The highest BCUT2D eigenvalue weighted by atomic mass is 16.5. The standard InChI is InChI=1S/C11H20N2O3/c1-13(8-11(15)4-5-12-7-11)10(14)9-3-2-6-16-9/h9,12,15H,2-8H2,1H3. The van der Waals surface area contributed by atoms with E-state index in [0.717, 1.165) is 19.4 Å². The molecule has 5 heteroatoms. The predicted octanol–water partition coefficient (Wildman–Crippen LogP) is -0.652.